The molecule has 0 saturated heterocycles. The van der Waals surface area contributed by atoms with Gasteiger partial charge in [-0.2, -0.15) is 5.10 Å². The lowest BCUT2D eigenvalue weighted by Gasteiger charge is -2.06. The number of H-pyrrole nitrogens is 1. The summed E-state index contributed by atoms with van der Waals surface area (Å²) in [5.41, 5.74) is -0.363. The Morgan fingerprint density at radius 3 is 2.52 bits per heavy atom. The lowest BCUT2D eigenvalue weighted by atomic mass is 10.2. The lowest BCUT2D eigenvalue weighted by Crippen LogP contribution is -2.22. The summed E-state index contributed by atoms with van der Waals surface area (Å²) in [7, 11) is -3.34. The molecule has 0 fully saturated rings. The zero-order valence-corrected chi connectivity index (χ0v) is 13.8. The zero-order chi connectivity index (χ0) is 18.0. The molecular formula is C15H13N5O4S. The second kappa shape index (κ2) is 6.32. The van der Waals surface area contributed by atoms with E-state index in [1.165, 1.54) is 41.3 Å². The van der Waals surface area contributed by atoms with Crippen LogP contribution in [0.25, 0.3) is 5.95 Å². The number of benzene rings is 1. The molecule has 2 N–H and O–H groups in total. The van der Waals surface area contributed by atoms with Crippen LogP contribution in [0, 0.1) is 0 Å². The van der Waals surface area contributed by atoms with Crippen LogP contribution < -0.4 is 10.9 Å². The Bertz CT molecular complexity index is 1070. The van der Waals surface area contributed by atoms with Crippen molar-refractivity contribution in [2.75, 3.05) is 11.6 Å². The molecule has 0 bridgehead atoms. The van der Waals surface area contributed by atoms with Crippen molar-refractivity contribution in [3.8, 4) is 5.95 Å². The topological polar surface area (TPSA) is 127 Å². The summed E-state index contributed by atoms with van der Waals surface area (Å²) in [5.74, 6) is -0.343. The van der Waals surface area contributed by atoms with Crippen LogP contribution in [-0.4, -0.2) is 40.3 Å². The number of nitrogens with zero attached hydrogens (tertiary/aromatic N) is 3. The van der Waals surface area contributed by atoms with E-state index in [1.807, 2.05) is 0 Å². The minimum atomic E-state index is -3.34. The summed E-state index contributed by atoms with van der Waals surface area (Å²) >= 11 is 0. The van der Waals surface area contributed by atoms with Crippen molar-refractivity contribution >= 4 is 21.4 Å². The Kier molecular flexibility index (Phi) is 4.19. The van der Waals surface area contributed by atoms with Gasteiger partial charge in [-0.25, -0.2) is 18.1 Å². The third kappa shape index (κ3) is 3.63. The lowest BCUT2D eigenvalue weighted by molar-refractivity contribution is 0.102. The first-order valence-corrected chi connectivity index (χ1v) is 8.94. The van der Waals surface area contributed by atoms with Gasteiger partial charge in [0.05, 0.1) is 11.1 Å². The third-order valence-electron chi connectivity index (χ3n) is 3.30. The van der Waals surface area contributed by atoms with E-state index < -0.39 is 21.3 Å². The van der Waals surface area contributed by atoms with E-state index in [0.29, 0.717) is 0 Å². The molecule has 0 aliphatic carbocycles. The minimum absolute atomic E-state index is 0.0342. The monoisotopic (exact) mass is 359 g/mol. The molecule has 3 rings (SSSR count). The molecule has 0 spiro atoms. The first-order valence-electron chi connectivity index (χ1n) is 7.05. The molecular weight excluding hydrogens is 346 g/mol. The van der Waals surface area contributed by atoms with Crippen LogP contribution in [0.5, 0.6) is 0 Å². The predicted octanol–water partition coefficient (Wildman–Crippen LogP) is 0.611. The number of rotatable bonds is 4. The van der Waals surface area contributed by atoms with E-state index in [0.717, 1.165) is 6.26 Å². The highest BCUT2D eigenvalue weighted by Gasteiger charge is 2.12. The Hall–Kier alpha value is -3.27. The van der Waals surface area contributed by atoms with Crippen molar-refractivity contribution in [2.24, 2.45) is 0 Å². The fraction of sp³-hybridized carbons (Fsp3) is 0.0667. The van der Waals surface area contributed by atoms with Gasteiger partial charge in [-0.05, 0) is 30.3 Å². The Morgan fingerprint density at radius 1 is 1.24 bits per heavy atom. The molecule has 0 unspecified atom stereocenters. The van der Waals surface area contributed by atoms with E-state index in [9.17, 15) is 18.0 Å². The number of aromatic nitrogens is 4. The van der Waals surface area contributed by atoms with Gasteiger partial charge in [0.1, 0.15) is 5.69 Å². The molecule has 3 aromatic rings. The number of aromatic amines is 1. The summed E-state index contributed by atoms with van der Waals surface area (Å²) in [6, 6.07) is 7.06. The van der Waals surface area contributed by atoms with E-state index in [4.69, 9.17) is 0 Å². The highest BCUT2D eigenvalue weighted by atomic mass is 32.2. The Balaban J connectivity index is 1.80. The van der Waals surface area contributed by atoms with Crippen LogP contribution in [-0.2, 0) is 9.84 Å². The van der Waals surface area contributed by atoms with Crippen molar-refractivity contribution in [2.45, 2.75) is 4.90 Å². The number of nitrogens with one attached hydrogen (secondary N) is 2. The summed E-state index contributed by atoms with van der Waals surface area (Å²) < 4.78 is 24.2. The molecule has 0 saturated carbocycles. The van der Waals surface area contributed by atoms with E-state index in [1.54, 1.807) is 12.3 Å². The molecule has 25 heavy (non-hydrogen) atoms. The van der Waals surface area contributed by atoms with Gasteiger partial charge in [0.15, 0.2) is 9.84 Å². The molecule has 1 aromatic carbocycles. The van der Waals surface area contributed by atoms with Gasteiger partial charge >= 0.3 is 0 Å². The van der Waals surface area contributed by atoms with Gasteiger partial charge in [-0.3, -0.25) is 14.6 Å². The van der Waals surface area contributed by atoms with Crippen molar-refractivity contribution in [3.63, 3.8) is 0 Å². The van der Waals surface area contributed by atoms with Crippen LogP contribution in [0.15, 0.2) is 58.6 Å². The van der Waals surface area contributed by atoms with Gasteiger partial charge < -0.3 is 5.32 Å². The molecule has 1 amide bonds. The maximum atomic E-state index is 12.2. The van der Waals surface area contributed by atoms with E-state index in [-0.39, 0.29) is 22.1 Å². The first-order chi connectivity index (χ1) is 11.8. The maximum Gasteiger partial charge on any atom is 0.276 e. The number of sulfone groups is 1. The molecule has 2 heterocycles. The number of hydrogen-bond donors (Lipinski definition) is 2. The largest absolute Gasteiger partial charge is 0.316 e. The normalized spacial score (nSPS) is 11.2. The van der Waals surface area contributed by atoms with Crippen LogP contribution >= 0.6 is 0 Å². The Morgan fingerprint density at radius 2 is 1.96 bits per heavy atom. The maximum absolute atomic E-state index is 12.2. The minimum Gasteiger partial charge on any atom is -0.316 e. The summed E-state index contributed by atoms with van der Waals surface area (Å²) in [6.07, 6.45) is 5.45. The molecule has 10 heteroatoms. The molecule has 0 aliphatic rings. The fourth-order valence-corrected chi connectivity index (χ4v) is 2.66. The van der Waals surface area contributed by atoms with Crippen LogP contribution in [0.1, 0.15) is 10.4 Å². The second-order valence-corrected chi connectivity index (χ2v) is 7.17. The average molecular weight is 359 g/mol. The number of carbonyl (C=O) groups excluding carboxylic acids is 1. The number of anilines is 1. The van der Waals surface area contributed by atoms with E-state index in [2.05, 4.69) is 20.4 Å². The van der Waals surface area contributed by atoms with Crippen molar-refractivity contribution in [1.29, 1.82) is 0 Å². The number of hydrogen-bond acceptors (Lipinski definition) is 6. The predicted molar refractivity (Wildman–Crippen MR) is 89.5 cm³/mol. The molecule has 0 atom stereocenters. The van der Waals surface area contributed by atoms with Gasteiger partial charge in [0.2, 0.25) is 5.95 Å². The molecule has 2 aromatic heterocycles. The van der Waals surface area contributed by atoms with Crippen LogP contribution in [0.4, 0.5) is 5.69 Å². The van der Waals surface area contributed by atoms with Gasteiger partial charge in [-0.15, -0.1) is 0 Å². The van der Waals surface area contributed by atoms with E-state index >= 15 is 0 Å². The van der Waals surface area contributed by atoms with Gasteiger partial charge in [0, 0.05) is 24.2 Å². The smallest absolute Gasteiger partial charge is 0.276 e. The van der Waals surface area contributed by atoms with Crippen molar-refractivity contribution in [1.82, 2.24) is 19.7 Å². The van der Waals surface area contributed by atoms with Crippen LogP contribution in [0.2, 0.25) is 0 Å². The second-order valence-electron chi connectivity index (χ2n) is 5.15. The summed E-state index contributed by atoms with van der Waals surface area (Å²) in [6.45, 7) is 0. The highest BCUT2D eigenvalue weighted by molar-refractivity contribution is 7.90. The van der Waals surface area contributed by atoms with Gasteiger partial charge in [0.25, 0.3) is 11.5 Å². The highest BCUT2D eigenvalue weighted by Crippen LogP contribution is 2.11. The third-order valence-corrected chi connectivity index (χ3v) is 4.43. The molecule has 128 valence electrons. The molecule has 0 aliphatic heterocycles. The number of amides is 1. The fourth-order valence-electron chi connectivity index (χ4n) is 2.03. The van der Waals surface area contributed by atoms with Crippen molar-refractivity contribution in [3.05, 3.63) is 64.8 Å². The molecule has 9 nitrogen and oxygen atoms in total. The summed E-state index contributed by atoms with van der Waals surface area (Å²) in [4.78, 5) is 30.9. The quantitative estimate of drug-likeness (QED) is 0.703. The zero-order valence-electron chi connectivity index (χ0n) is 13.0. The molecule has 0 radical (unpaired) electrons. The first kappa shape index (κ1) is 16.6. The van der Waals surface area contributed by atoms with Gasteiger partial charge in [-0.1, -0.05) is 0 Å². The number of carbonyl (C=O) groups is 1. The average Bonchev–Trinajstić information content (AvgIpc) is 3.10. The van der Waals surface area contributed by atoms with Crippen molar-refractivity contribution < 1.29 is 13.2 Å². The van der Waals surface area contributed by atoms with Crippen LogP contribution in [0.3, 0.4) is 0 Å². The SMILES string of the molecule is CS(=O)(=O)c1ccc(C(=O)Nc2cnc(-n3cccn3)[nH]c2=O)cc1. The standard InChI is InChI=1S/C15H13N5O4S/c1-25(23,24)11-5-3-10(4-6-11)13(21)18-12-9-16-15(19-14(12)22)20-8-2-7-17-20/h2-9H,1H3,(H,18,21)(H,16,19,22). The summed E-state index contributed by atoms with van der Waals surface area (Å²) in [5, 5.41) is 6.37. The Labute approximate surface area is 142 Å².